The Bertz CT molecular complexity index is 481. The lowest BCUT2D eigenvalue weighted by Crippen LogP contribution is -2.37. The first-order valence-electron chi connectivity index (χ1n) is 6.43. The van der Waals surface area contributed by atoms with Gasteiger partial charge < -0.3 is 5.11 Å². The van der Waals surface area contributed by atoms with Crippen molar-refractivity contribution in [1.82, 2.24) is 0 Å². The number of nitrogens with zero attached hydrogens (tertiary/aromatic N) is 1. The summed E-state index contributed by atoms with van der Waals surface area (Å²) in [7, 11) is 0. The van der Waals surface area contributed by atoms with E-state index in [1.807, 2.05) is 0 Å². The Hall–Kier alpha value is -0.670. The molecule has 0 aliphatic carbocycles. The van der Waals surface area contributed by atoms with Crippen LogP contribution in [0.5, 0.6) is 0 Å². The van der Waals surface area contributed by atoms with Crippen molar-refractivity contribution in [2.75, 3.05) is 6.61 Å². The highest BCUT2D eigenvalue weighted by Gasteiger charge is 2.38. The van der Waals surface area contributed by atoms with Crippen LogP contribution in [0.1, 0.15) is 44.7 Å². The van der Waals surface area contributed by atoms with E-state index in [1.54, 1.807) is 0 Å². The number of fused-ring (bicyclic) bond motifs is 1. The molecule has 0 aromatic heterocycles. The maximum atomic E-state index is 9.37. The van der Waals surface area contributed by atoms with Crippen LogP contribution in [-0.4, -0.2) is 17.9 Å². The van der Waals surface area contributed by atoms with Gasteiger partial charge in [0.2, 0.25) is 0 Å². The van der Waals surface area contributed by atoms with Gasteiger partial charge in [0.05, 0.1) is 5.54 Å². The summed E-state index contributed by atoms with van der Waals surface area (Å²) >= 11 is 3.55. The van der Waals surface area contributed by atoms with Crippen LogP contribution >= 0.6 is 15.9 Å². The van der Waals surface area contributed by atoms with Gasteiger partial charge >= 0.3 is 0 Å². The fourth-order valence-corrected chi connectivity index (χ4v) is 3.10. The number of benzene rings is 1. The Morgan fingerprint density at radius 1 is 1.28 bits per heavy atom. The molecule has 0 spiro atoms. The van der Waals surface area contributed by atoms with Gasteiger partial charge in [0.1, 0.15) is 0 Å². The third-order valence-corrected chi connectivity index (χ3v) is 4.49. The SMILES string of the molecule is CCC1(CCO)C=NC(C)(C)c2ccc(Br)cc21. The monoisotopic (exact) mass is 309 g/mol. The Labute approximate surface area is 117 Å². The molecule has 1 unspecified atom stereocenters. The van der Waals surface area contributed by atoms with Crippen LogP contribution in [-0.2, 0) is 11.0 Å². The molecule has 0 saturated heterocycles. The van der Waals surface area contributed by atoms with E-state index in [4.69, 9.17) is 4.99 Å². The number of hydrogen-bond acceptors (Lipinski definition) is 2. The average Bonchev–Trinajstić information content (AvgIpc) is 2.33. The van der Waals surface area contributed by atoms with E-state index in [1.165, 1.54) is 11.1 Å². The normalized spacial score (nSPS) is 24.9. The van der Waals surface area contributed by atoms with Gasteiger partial charge in [0.15, 0.2) is 0 Å². The molecule has 0 fully saturated rings. The lowest BCUT2D eigenvalue weighted by Gasteiger charge is -2.39. The van der Waals surface area contributed by atoms with Crippen molar-refractivity contribution >= 4 is 22.1 Å². The van der Waals surface area contributed by atoms with Crippen LogP contribution in [0.3, 0.4) is 0 Å². The molecular weight excluding hydrogens is 290 g/mol. The minimum Gasteiger partial charge on any atom is -0.396 e. The van der Waals surface area contributed by atoms with Crippen LogP contribution in [0, 0.1) is 0 Å². The van der Waals surface area contributed by atoms with E-state index in [0.29, 0.717) is 0 Å². The first-order chi connectivity index (χ1) is 8.45. The quantitative estimate of drug-likeness (QED) is 0.905. The fourth-order valence-electron chi connectivity index (χ4n) is 2.74. The van der Waals surface area contributed by atoms with Gasteiger partial charge in [-0.3, -0.25) is 4.99 Å². The summed E-state index contributed by atoms with van der Waals surface area (Å²) < 4.78 is 1.09. The van der Waals surface area contributed by atoms with Crippen molar-refractivity contribution in [3.63, 3.8) is 0 Å². The molecule has 18 heavy (non-hydrogen) atoms. The summed E-state index contributed by atoms with van der Waals surface area (Å²) in [5.41, 5.74) is 2.27. The second-order valence-corrected chi connectivity index (χ2v) is 6.41. The lowest BCUT2D eigenvalue weighted by atomic mass is 9.69. The fraction of sp³-hybridized carbons (Fsp3) is 0.533. The van der Waals surface area contributed by atoms with Crippen LogP contribution in [0.4, 0.5) is 0 Å². The molecule has 2 nitrogen and oxygen atoms in total. The minimum absolute atomic E-state index is 0.122. The molecule has 1 aliphatic rings. The van der Waals surface area contributed by atoms with Crippen LogP contribution in [0.2, 0.25) is 0 Å². The molecule has 1 aromatic rings. The summed E-state index contributed by atoms with van der Waals surface area (Å²) in [5.74, 6) is 0. The third-order valence-electron chi connectivity index (χ3n) is 4.00. The number of aliphatic hydroxyl groups excluding tert-OH is 1. The molecule has 1 N–H and O–H groups in total. The van der Waals surface area contributed by atoms with E-state index < -0.39 is 0 Å². The molecule has 98 valence electrons. The van der Waals surface area contributed by atoms with Gasteiger partial charge in [-0.1, -0.05) is 28.9 Å². The second kappa shape index (κ2) is 4.78. The van der Waals surface area contributed by atoms with E-state index in [2.05, 4.69) is 61.1 Å². The maximum absolute atomic E-state index is 9.37. The summed E-state index contributed by atoms with van der Waals surface area (Å²) in [6.45, 7) is 6.61. The minimum atomic E-state index is -0.176. The Morgan fingerprint density at radius 2 is 2.00 bits per heavy atom. The van der Waals surface area contributed by atoms with E-state index >= 15 is 0 Å². The molecule has 1 atom stereocenters. The molecular formula is C15H20BrNO. The molecule has 1 aromatic carbocycles. The number of hydrogen-bond donors (Lipinski definition) is 1. The standard InChI is InChI=1S/C15H20BrNO/c1-4-15(7-8-18)10-17-14(2,3)12-6-5-11(16)9-13(12)15/h5-6,9-10,18H,4,7-8H2,1-3H3. The first kappa shape index (κ1) is 13.8. The van der Waals surface area contributed by atoms with Crippen molar-refractivity contribution < 1.29 is 5.11 Å². The van der Waals surface area contributed by atoms with Gasteiger partial charge in [0.25, 0.3) is 0 Å². The van der Waals surface area contributed by atoms with Crippen molar-refractivity contribution in [3.8, 4) is 0 Å². The van der Waals surface area contributed by atoms with Gasteiger partial charge in [-0.25, -0.2) is 0 Å². The van der Waals surface area contributed by atoms with Gasteiger partial charge in [-0.2, -0.15) is 0 Å². The third kappa shape index (κ3) is 2.14. The van der Waals surface area contributed by atoms with Crippen molar-refractivity contribution in [3.05, 3.63) is 33.8 Å². The summed E-state index contributed by atoms with van der Waals surface area (Å²) in [6.07, 6.45) is 3.74. The molecule has 1 aliphatic heterocycles. The molecule has 0 saturated carbocycles. The van der Waals surface area contributed by atoms with Crippen LogP contribution in [0.25, 0.3) is 0 Å². The highest BCUT2D eigenvalue weighted by atomic mass is 79.9. The number of aliphatic hydroxyl groups is 1. The van der Waals surface area contributed by atoms with Crippen molar-refractivity contribution in [1.29, 1.82) is 0 Å². The topological polar surface area (TPSA) is 32.6 Å². The summed E-state index contributed by atoms with van der Waals surface area (Å²) in [5, 5.41) is 9.37. The maximum Gasteiger partial charge on any atom is 0.0799 e. The lowest BCUT2D eigenvalue weighted by molar-refractivity contribution is 0.257. The smallest absolute Gasteiger partial charge is 0.0799 e. The second-order valence-electron chi connectivity index (χ2n) is 5.49. The highest BCUT2D eigenvalue weighted by molar-refractivity contribution is 9.10. The predicted molar refractivity (Wildman–Crippen MR) is 79.3 cm³/mol. The van der Waals surface area contributed by atoms with Gasteiger partial charge in [-0.05, 0) is 49.9 Å². The van der Waals surface area contributed by atoms with Gasteiger partial charge in [-0.15, -0.1) is 0 Å². The Morgan fingerprint density at radius 3 is 2.61 bits per heavy atom. The van der Waals surface area contributed by atoms with E-state index in [-0.39, 0.29) is 17.6 Å². The number of aliphatic imine (C=N–C) groups is 1. The zero-order valence-corrected chi connectivity index (χ0v) is 12.8. The first-order valence-corrected chi connectivity index (χ1v) is 7.22. The zero-order chi connectivity index (χ0) is 13.4. The van der Waals surface area contributed by atoms with Crippen LogP contribution in [0.15, 0.2) is 27.7 Å². The average molecular weight is 310 g/mol. The molecule has 0 radical (unpaired) electrons. The summed E-state index contributed by atoms with van der Waals surface area (Å²) in [4.78, 5) is 4.72. The predicted octanol–water partition coefficient (Wildman–Crippen LogP) is 3.80. The van der Waals surface area contributed by atoms with Crippen molar-refractivity contribution in [2.45, 2.75) is 44.6 Å². The van der Waals surface area contributed by atoms with Gasteiger partial charge in [0, 0.05) is 22.7 Å². The number of rotatable bonds is 3. The molecule has 1 heterocycles. The van der Waals surface area contributed by atoms with E-state index in [9.17, 15) is 5.11 Å². The molecule has 0 amide bonds. The highest BCUT2D eigenvalue weighted by Crippen LogP contribution is 2.43. The van der Waals surface area contributed by atoms with Crippen LogP contribution < -0.4 is 0 Å². The Balaban J connectivity index is 2.65. The molecule has 2 rings (SSSR count). The summed E-state index contributed by atoms with van der Waals surface area (Å²) in [6, 6.07) is 6.40. The van der Waals surface area contributed by atoms with E-state index in [0.717, 1.165) is 17.3 Å². The largest absolute Gasteiger partial charge is 0.396 e. The molecule has 3 heteroatoms. The Kier molecular flexibility index (Phi) is 3.65. The number of halogens is 1. The van der Waals surface area contributed by atoms with Crippen molar-refractivity contribution in [2.24, 2.45) is 4.99 Å². The zero-order valence-electron chi connectivity index (χ0n) is 11.2. The molecule has 0 bridgehead atoms.